The van der Waals surface area contributed by atoms with E-state index in [9.17, 15) is 18.0 Å². The average Bonchev–Trinajstić information content (AvgIpc) is 3.35. The van der Waals surface area contributed by atoms with Crippen molar-refractivity contribution in [2.75, 3.05) is 0 Å². The fourth-order valence-corrected chi connectivity index (χ4v) is 6.13. The Bertz CT molecular complexity index is 1000. The first-order valence-electron chi connectivity index (χ1n) is 10.6. The van der Waals surface area contributed by atoms with Gasteiger partial charge < -0.3 is 5.32 Å². The van der Waals surface area contributed by atoms with E-state index in [2.05, 4.69) is 15.5 Å². The van der Waals surface area contributed by atoms with Crippen molar-refractivity contribution >= 4 is 5.78 Å². The molecule has 1 aromatic rings. The Balaban J connectivity index is 1.72. The third kappa shape index (κ3) is 2.70. The van der Waals surface area contributed by atoms with Gasteiger partial charge in [-0.25, -0.2) is 0 Å². The first-order valence-corrected chi connectivity index (χ1v) is 10.6. The Morgan fingerprint density at radius 1 is 1.20 bits per heavy atom. The molecule has 1 N–H and O–H groups in total. The normalized spacial score (nSPS) is 29.7. The fourth-order valence-electron chi connectivity index (χ4n) is 6.13. The van der Waals surface area contributed by atoms with Crippen LogP contribution in [-0.4, -0.2) is 11.9 Å². The largest absolute Gasteiger partial charge is 0.416 e. The van der Waals surface area contributed by atoms with E-state index in [-0.39, 0.29) is 11.2 Å². The van der Waals surface area contributed by atoms with Crippen LogP contribution in [0, 0.1) is 5.41 Å². The van der Waals surface area contributed by atoms with Gasteiger partial charge in [-0.3, -0.25) is 4.79 Å². The van der Waals surface area contributed by atoms with Gasteiger partial charge in [-0.15, -0.1) is 0 Å². The van der Waals surface area contributed by atoms with Crippen LogP contribution in [0.25, 0.3) is 0 Å². The van der Waals surface area contributed by atoms with E-state index in [1.807, 2.05) is 6.92 Å². The summed E-state index contributed by atoms with van der Waals surface area (Å²) in [5.74, 6) is 0.0520. The first-order chi connectivity index (χ1) is 14.3. The van der Waals surface area contributed by atoms with Crippen LogP contribution in [0.3, 0.4) is 0 Å². The van der Waals surface area contributed by atoms with E-state index in [1.165, 1.54) is 12.1 Å². The van der Waals surface area contributed by atoms with E-state index in [4.69, 9.17) is 0 Å². The lowest BCUT2D eigenvalue weighted by Gasteiger charge is -2.48. The zero-order chi connectivity index (χ0) is 21.1. The molecule has 0 aromatic heterocycles. The molecule has 1 unspecified atom stereocenters. The molecule has 0 radical (unpaired) electrons. The topological polar surface area (TPSA) is 53.8 Å². The molecule has 1 aromatic carbocycles. The Morgan fingerprint density at radius 3 is 2.67 bits per heavy atom. The number of alkyl halides is 3. The summed E-state index contributed by atoms with van der Waals surface area (Å²) in [6.45, 7) is 1.93. The van der Waals surface area contributed by atoms with Crippen LogP contribution in [0.5, 0.6) is 0 Å². The molecule has 4 nitrogen and oxygen atoms in total. The number of ketones is 1. The summed E-state index contributed by atoms with van der Waals surface area (Å²) in [7, 11) is 0. The monoisotopic (exact) mass is 415 g/mol. The molecule has 2 heterocycles. The molecule has 2 aliphatic heterocycles. The molecular weight excluding hydrogens is 391 g/mol. The van der Waals surface area contributed by atoms with E-state index in [0.717, 1.165) is 49.4 Å². The third-order valence-corrected chi connectivity index (χ3v) is 7.45. The van der Waals surface area contributed by atoms with Crippen molar-refractivity contribution in [3.63, 3.8) is 0 Å². The van der Waals surface area contributed by atoms with Crippen molar-refractivity contribution in [1.29, 1.82) is 0 Å². The van der Waals surface area contributed by atoms with E-state index in [0.29, 0.717) is 24.0 Å². The number of nitrogens with one attached hydrogen (secondary N) is 1. The maximum absolute atomic E-state index is 13.6. The first kappa shape index (κ1) is 19.5. The smallest absolute Gasteiger partial charge is 0.362 e. The molecule has 0 saturated heterocycles. The highest BCUT2D eigenvalue weighted by Crippen LogP contribution is 2.57. The van der Waals surface area contributed by atoms with Gasteiger partial charge in [0, 0.05) is 23.3 Å². The molecule has 158 valence electrons. The van der Waals surface area contributed by atoms with Gasteiger partial charge in [0.15, 0.2) is 11.9 Å². The van der Waals surface area contributed by atoms with Gasteiger partial charge in [-0.1, -0.05) is 38.0 Å². The lowest BCUT2D eigenvalue weighted by atomic mass is 9.58. The summed E-state index contributed by atoms with van der Waals surface area (Å²) in [5.41, 5.74) is 1.08. The van der Waals surface area contributed by atoms with E-state index >= 15 is 0 Å². The highest BCUT2D eigenvalue weighted by Gasteiger charge is 2.55. The number of fused-ring (bicyclic) bond motifs is 1. The standard InChI is InChI=1S/C23H24F3N3O/c1-2-22(14-6-5-7-15(10-14)23(24,25)26)16-13-27-29-20(16)28-17-11-21(8-3-4-9-21)12-18(30)19(17)22/h5-7,10,13,20,28H,2-4,8-9,11-12H2,1H3/t20?,22-/m0/s1. The van der Waals surface area contributed by atoms with Crippen molar-refractivity contribution in [3.05, 3.63) is 58.4 Å². The van der Waals surface area contributed by atoms with Gasteiger partial charge in [0.1, 0.15) is 0 Å². The highest BCUT2D eigenvalue weighted by molar-refractivity contribution is 6.01. The Labute approximate surface area is 173 Å². The predicted octanol–water partition coefficient (Wildman–Crippen LogP) is 5.81. The predicted molar refractivity (Wildman–Crippen MR) is 105 cm³/mol. The van der Waals surface area contributed by atoms with Crippen molar-refractivity contribution < 1.29 is 18.0 Å². The van der Waals surface area contributed by atoms with Crippen molar-refractivity contribution in [1.82, 2.24) is 5.32 Å². The number of rotatable bonds is 2. The molecule has 7 heteroatoms. The maximum atomic E-state index is 13.6. The third-order valence-electron chi connectivity index (χ3n) is 7.45. The van der Waals surface area contributed by atoms with Gasteiger partial charge in [-0.05, 0) is 42.7 Å². The number of halogens is 3. The molecule has 5 rings (SSSR count). The number of nitrogens with zero attached hydrogens (tertiary/aromatic N) is 2. The number of allylic oxidation sites excluding steroid dienone is 2. The Kier molecular flexibility index (Phi) is 4.25. The highest BCUT2D eigenvalue weighted by atomic mass is 19.4. The van der Waals surface area contributed by atoms with Crippen LogP contribution in [0.15, 0.2) is 57.5 Å². The zero-order valence-electron chi connectivity index (χ0n) is 16.9. The second kappa shape index (κ2) is 6.53. The molecule has 1 spiro atoms. The summed E-state index contributed by atoms with van der Waals surface area (Å²) >= 11 is 0. The molecule has 2 aliphatic carbocycles. The van der Waals surface area contributed by atoms with Crippen molar-refractivity contribution in [2.24, 2.45) is 15.6 Å². The van der Waals surface area contributed by atoms with Gasteiger partial charge in [-0.2, -0.15) is 23.4 Å². The number of hydrogen-bond acceptors (Lipinski definition) is 4. The number of hydrogen-bond donors (Lipinski definition) is 1. The SMILES string of the molecule is CC[C@]1(c2cccc(C(F)(F)F)c2)C2=CN=NC2NC2=C1C(=O)CC1(CCCC1)C2. The molecular formula is C23H24F3N3O. The van der Waals surface area contributed by atoms with Gasteiger partial charge >= 0.3 is 6.18 Å². The minimum absolute atomic E-state index is 0.0207. The number of carbonyl (C=O) groups excluding carboxylic acids is 1. The zero-order valence-corrected chi connectivity index (χ0v) is 16.9. The van der Waals surface area contributed by atoms with E-state index in [1.54, 1.807) is 12.3 Å². The Morgan fingerprint density at radius 2 is 1.97 bits per heavy atom. The number of Topliss-reactive ketones (excluding diaryl/α,β-unsaturated/α-hetero) is 1. The van der Waals surface area contributed by atoms with Gasteiger partial charge in [0.2, 0.25) is 0 Å². The second-order valence-electron chi connectivity index (χ2n) is 9.04. The summed E-state index contributed by atoms with van der Waals surface area (Å²) in [6, 6.07) is 5.41. The average molecular weight is 415 g/mol. The van der Waals surface area contributed by atoms with Crippen molar-refractivity contribution in [2.45, 2.75) is 69.6 Å². The van der Waals surface area contributed by atoms with Crippen LogP contribution in [0.1, 0.15) is 63.0 Å². The lowest BCUT2D eigenvalue weighted by molar-refractivity contribution is -0.137. The molecule has 2 atom stereocenters. The summed E-state index contributed by atoms with van der Waals surface area (Å²) in [5, 5.41) is 11.8. The molecule has 4 aliphatic rings. The number of benzene rings is 1. The van der Waals surface area contributed by atoms with Gasteiger partial charge in [0.05, 0.1) is 17.2 Å². The fraction of sp³-hybridized carbons (Fsp3) is 0.522. The second-order valence-corrected chi connectivity index (χ2v) is 9.04. The Hall–Kier alpha value is -2.44. The minimum atomic E-state index is -4.45. The number of azo groups is 1. The molecule has 1 saturated carbocycles. The van der Waals surface area contributed by atoms with Crippen LogP contribution < -0.4 is 5.32 Å². The van der Waals surface area contributed by atoms with Gasteiger partial charge in [0.25, 0.3) is 0 Å². The van der Waals surface area contributed by atoms with E-state index < -0.39 is 23.3 Å². The molecule has 30 heavy (non-hydrogen) atoms. The lowest BCUT2D eigenvalue weighted by Crippen LogP contribution is -2.51. The van der Waals surface area contributed by atoms with Crippen LogP contribution in [0.4, 0.5) is 13.2 Å². The van der Waals surface area contributed by atoms with Crippen LogP contribution in [-0.2, 0) is 16.4 Å². The summed E-state index contributed by atoms with van der Waals surface area (Å²) in [4.78, 5) is 13.6. The van der Waals surface area contributed by atoms with Crippen molar-refractivity contribution in [3.8, 4) is 0 Å². The van der Waals surface area contributed by atoms with Crippen LogP contribution in [0.2, 0.25) is 0 Å². The molecule has 1 fully saturated rings. The molecule has 0 amide bonds. The number of carbonyl (C=O) groups is 1. The molecule has 0 bridgehead atoms. The quantitative estimate of drug-likeness (QED) is 0.663. The maximum Gasteiger partial charge on any atom is 0.416 e. The summed E-state index contributed by atoms with van der Waals surface area (Å²) in [6.07, 6.45) is 2.74. The summed E-state index contributed by atoms with van der Waals surface area (Å²) < 4.78 is 40.5. The minimum Gasteiger partial charge on any atom is -0.362 e. The van der Waals surface area contributed by atoms with Crippen LogP contribution >= 0.6 is 0 Å².